The minimum absolute atomic E-state index is 0.605. The molecule has 0 rings (SSSR count). The molecule has 0 saturated carbocycles. The molecule has 80 valence electrons. The van der Waals surface area contributed by atoms with Crippen LogP contribution in [0.5, 0.6) is 0 Å². The molecule has 0 spiro atoms. The van der Waals surface area contributed by atoms with Gasteiger partial charge in [-0.25, -0.2) is 8.42 Å². The Balaban J connectivity index is 4.31. The first kappa shape index (κ1) is 13.6. The van der Waals surface area contributed by atoms with E-state index in [2.05, 4.69) is 0 Å². The Bertz CT molecular complexity index is 239. The van der Waals surface area contributed by atoms with E-state index in [1.165, 1.54) is 18.0 Å². The molecule has 0 aromatic rings. The number of thioether (sulfide) groups is 1. The molecule has 0 fully saturated rings. The molecule has 0 aliphatic rings. The molecule has 1 unspecified atom stereocenters. The summed E-state index contributed by atoms with van der Waals surface area (Å²) in [5, 5.41) is 0. The van der Waals surface area contributed by atoms with Crippen molar-refractivity contribution in [3.05, 3.63) is 0 Å². The van der Waals surface area contributed by atoms with Crippen LogP contribution in [0.4, 0.5) is 0 Å². The SMILES string of the molecule is CSC(C)(CCCCCl)S(C)(=O)=O. The van der Waals surface area contributed by atoms with Crippen LogP contribution in [-0.2, 0) is 9.84 Å². The van der Waals surface area contributed by atoms with E-state index in [1.54, 1.807) is 6.92 Å². The van der Waals surface area contributed by atoms with E-state index in [1.807, 2.05) is 6.26 Å². The zero-order valence-electron chi connectivity index (χ0n) is 8.34. The second-order valence-corrected chi connectivity index (χ2v) is 7.65. The fraction of sp³-hybridized carbons (Fsp3) is 1.00. The minimum atomic E-state index is -2.98. The molecule has 2 nitrogen and oxygen atoms in total. The molecule has 5 heteroatoms. The first-order valence-electron chi connectivity index (χ1n) is 4.18. The summed E-state index contributed by atoms with van der Waals surface area (Å²) in [7, 11) is -2.98. The molecule has 0 aromatic carbocycles. The molecule has 0 aromatic heterocycles. The van der Waals surface area contributed by atoms with E-state index >= 15 is 0 Å². The minimum Gasteiger partial charge on any atom is -0.228 e. The molecule has 0 amide bonds. The van der Waals surface area contributed by atoms with Gasteiger partial charge in [-0.15, -0.1) is 23.4 Å². The normalized spacial score (nSPS) is 16.9. The van der Waals surface area contributed by atoms with Crippen molar-refractivity contribution in [2.24, 2.45) is 0 Å². The van der Waals surface area contributed by atoms with Gasteiger partial charge >= 0.3 is 0 Å². The molecule has 13 heavy (non-hydrogen) atoms. The first-order chi connectivity index (χ1) is 5.87. The predicted molar refractivity (Wildman–Crippen MR) is 61.3 cm³/mol. The van der Waals surface area contributed by atoms with Crippen molar-refractivity contribution >= 4 is 33.2 Å². The second kappa shape index (κ2) is 5.47. The van der Waals surface area contributed by atoms with Crippen LogP contribution < -0.4 is 0 Å². The van der Waals surface area contributed by atoms with Gasteiger partial charge in [0.1, 0.15) is 4.08 Å². The Morgan fingerprint density at radius 3 is 2.23 bits per heavy atom. The molecule has 0 radical (unpaired) electrons. The van der Waals surface area contributed by atoms with Crippen molar-refractivity contribution in [1.29, 1.82) is 0 Å². The summed E-state index contributed by atoms with van der Waals surface area (Å²) < 4.78 is 22.2. The molecule has 0 aliphatic heterocycles. The number of rotatable bonds is 6. The lowest BCUT2D eigenvalue weighted by Gasteiger charge is -2.25. The van der Waals surface area contributed by atoms with Gasteiger partial charge in [-0.05, 0) is 32.4 Å². The van der Waals surface area contributed by atoms with E-state index in [4.69, 9.17) is 11.6 Å². The fourth-order valence-corrected chi connectivity index (χ4v) is 3.24. The third-order valence-electron chi connectivity index (χ3n) is 2.23. The van der Waals surface area contributed by atoms with E-state index in [0.29, 0.717) is 12.3 Å². The summed E-state index contributed by atoms with van der Waals surface area (Å²) in [5.41, 5.74) is 0. The highest BCUT2D eigenvalue weighted by atomic mass is 35.5. The molecular formula is C8H17ClO2S2. The van der Waals surface area contributed by atoms with Crippen LogP contribution in [-0.4, -0.2) is 30.9 Å². The number of alkyl halides is 1. The van der Waals surface area contributed by atoms with Crippen LogP contribution in [0.1, 0.15) is 26.2 Å². The molecule has 0 heterocycles. The highest BCUT2D eigenvalue weighted by molar-refractivity contribution is 8.14. The maximum absolute atomic E-state index is 11.4. The van der Waals surface area contributed by atoms with Gasteiger partial charge in [0.15, 0.2) is 9.84 Å². The van der Waals surface area contributed by atoms with Crippen LogP contribution in [0.25, 0.3) is 0 Å². The average Bonchev–Trinajstić information content (AvgIpc) is 2.02. The highest BCUT2D eigenvalue weighted by Crippen LogP contribution is 2.33. The van der Waals surface area contributed by atoms with Crippen molar-refractivity contribution in [3.63, 3.8) is 0 Å². The van der Waals surface area contributed by atoms with Crippen molar-refractivity contribution < 1.29 is 8.42 Å². The molecule has 1 atom stereocenters. The largest absolute Gasteiger partial charge is 0.228 e. The quantitative estimate of drug-likeness (QED) is 0.532. The van der Waals surface area contributed by atoms with Crippen molar-refractivity contribution in [3.8, 4) is 0 Å². The van der Waals surface area contributed by atoms with Gasteiger partial charge in [0.05, 0.1) is 0 Å². The van der Waals surface area contributed by atoms with Gasteiger partial charge in [-0.3, -0.25) is 0 Å². The molecule has 0 saturated heterocycles. The smallest absolute Gasteiger partial charge is 0.162 e. The fourth-order valence-electron chi connectivity index (χ4n) is 0.979. The molecule has 0 N–H and O–H groups in total. The summed E-state index contributed by atoms with van der Waals surface area (Å²) in [6, 6.07) is 0. The Morgan fingerprint density at radius 2 is 1.92 bits per heavy atom. The van der Waals surface area contributed by atoms with Crippen LogP contribution >= 0.6 is 23.4 Å². The van der Waals surface area contributed by atoms with Crippen molar-refractivity contribution in [1.82, 2.24) is 0 Å². The number of unbranched alkanes of at least 4 members (excludes halogenated alkanes) is 1. The summed E-state index contributed by atoms with van der Waals surface area (Å²) in [6.07, 6.45) is 5.56. The maximum atomic E-state index is 11.4. The van der Waals surface area contributed by atoms with E-state index in [0.717, 1.165) is 12.8 Å². The van der Waals surface area contributed by atoms with Gasteiger partial charge in [0.2, 0.25) is 0 Å². The zero-order chi connectivity index (χ0) is 10.5. The van der Waals surface area contributed by atoms with Gasteiger partial charge in [-0.1, -0.05) is 0 Å². The second-order valence-electron chi connectivity index (χ2n) is 3.26. The Hall–Kier alpha value is 0.590. The van der Waals surface area contributed by atoms with Gasteiger partial charge in [0, 0.05) is 12.1 Å². The van der Waals surface area contributed by atoms with Gasteiger partial charge in [0.25, 0.3) is 0 Å². The molecular weight excluding hydrogens is 228 g/mol. The number of hydrogen-bond donors (Lipinski definition) is 0. The third-order valence-corrected chi connectivity index (χ3v) is 6.75. The lowest BCUT2D eigenvalue weighted by Crippen LogP contribution is -2.30. The van der Waals surface area contributed by atoms with E-state index in [9.17, 15) is 8.42 Å². The van der Waals surface area contributed by atoms with Gasteiger partial charge in [-0.2, -0.15) is 0 Å². The van der Waals surface area contributed by atoms with Crippen molar-refractivity contribution in [2.75, 3.05) is 18.4 Å². The van der Waals surface area contributed by atoms with Crippen molar-refractivity contribution in [2.45, 2.75) is 30.3 Å². The zero-order valence-corrected chi connectivity index (χ0v) is 10.7. The first-order valence-corrected chi connectivity index (χ1v) is 7.83. The van der Waals surface area contributed by atoms with Crippen LogP contribution in [0.2, 0.25) is 0 Å². The Kier molecular flexibility index (Phi) is 5.71. The molecule has 0 aliphatic carbocycles. The lowest BCUT2D eigenvalue weighted by molar-refractivity contribution is 0.566. The van der Waals surface area contributed by atoms with Crippen LogP contribution in [0.3, 0.4) is 0 Å². The standard InChI is InChI=1S/C8H17ClO2S2/c1-8(12-2,13(3,10)11)6-4-5-7-9/h4-7H2,1-3H3. The summed E-state index contributed by atoms with van der Waals surface area (Å²) in [4.78, 5) is 0. The lowest BCUT2D eigenvalue weighted by atomic mass is 10.2. The van der Waals surface area contributed by atoms with Gasteiger partial charge < -0.3 is 0 Å². The molecule has 0 bridgehead atoms. The highest BCUT2D eigenvalue weighted by Gasteiger charge is 2.33. The third kappa shape index (κ3) is 4.09. The van der Waals surface area contributed by atoms with Crippen LogP contribution in [0.15, 0.2) is 0 Å². The Morgan fingerprint density at radius 1 is 1.38 bits per heavy atom. The average molecular weight is 245 g/mol. The summed E-state index contributed by atoms with van der Waals surface area (Å²) in [5.74, 6) is 0.605. The predicted octanol–water partition coefficient (Wildman–Crippen LogP) is 2.52. The topological polar surface area (TPSA) is 34.1 Å². The number of hydrogen-bond acceptors (Lipinski definition) is 3. The van der Waals surface area contributed by atoms with E-state index in [-0.39, 0.29) is 0 Å². The Labute approximate surface area is 90.3 Å². The number of halogens is 1. The number of sulfone groups is 1. The van der Waals surface area contributed by atoms with Crippen LogP contribution in [0, 0.1) is 0 Å². The summed E-state index contributed by atoms with van der Waals surface area (Å²) in [6.45, 7) is 1.78. The van der Waals surface area contributed by atoms with E-state index < -0.39 is 13.9 Å². The summed E-state index contributed by atoms with van der Waals surface area (Å²) >= 11 is 6.93. The maximum Gasteiger partial charge on any atom is 0.162 e. The monoisotopic (exact) mass is 244 g/mol.